The molecule has 3 heterocycles. The molecular formula is C25H28ClNO4. The fraction of sp³-hybridized carbons (Fsp3) is 0.480. The maximum absolute atomic E-state index is 11.3. The molecule has 3 aliphatic rings. The molecule has 0 amide bonds. The minimum absolute atomic E-state index is 0.0116. The average Bonchev–Trinajstić information content (AvgIpc) is 2.73. The highest BCUT2D eigenvalue weighted by Gasteiger charge is 2.51. The van der Waals surface area contributed by atoms with Crippen LogP contribution in [0.2, 0.25) is 5.02 Å². The second kappa shape index (κ2) is 7.80. The zero-order chi connectivity index (χ0) is 21.8. The lowest BCUT2D eigenvalue weighted by Crippen LogP contribution is -2.55. The summed E-state index contributed by atoms with van der Waals surface area (Å²) in [6, 6.07) is 13.1. The Kier molecular flexibility index (Phi) is 5.24. The topological polar surface area (TPSA) is 59.0 Å². The molecule has 2 aromatic rings. The van der Waals surface area contributed by atoms with Gasteiger partial charge in [-0.25, -0.2) is 4.79 Å². The van der Waals surface area contributed by atoms with Crippen LogP contribution in [0.3, 0.4) is 0 Å². The molecule has 0 bridgehead atoms. The normalized spacial score (nSPS) is 29.3. The molecule has 5 rings (SSSR count). The molecule has 0 spiro atoms. The van der Waals surface area contributed by atoms with E-state index in [0.29, 0.717) is 16.5 Å². The molecule has 2 saturated heterocycles. The highest BCUT2D eigenvalue weighted by Crippen LogP contribution is 2.53. The zero-order valence-electron chi connectivity index (χ0n) is 17.9. The quantitative estimate of drug-likeness (QED) is 0.711. The molecule has 0 aliphatic carbocycles. The van der Waals surface area contributed by atoms with Crippen molar-refractivity contribution in [2.24, 2.45) is 11.8 Å². The lowest BCUT2D eigenvalue weighted by atomic mass is 9.70. The van der Waals surface area contributed by atoms with E-state index in [-0.39, 0.29) is 23.7 Å². The number of carboxylic acids is 1. The Bertz CT molecular complexity index is 1010. The summed E-state index contributed by atoms with van der Waals surface area (Å²) in [6.07, 6.45) is 2.25. The van der Waals surface area contributed by atoms with Crippen molar-refractivity contribution in [3.8, 4) is 5.75 Å². The van der Waals surface area contributed by atoms with Crippen molar-refractivity contribution < 1.29 is 19.4 Å². The van der Waals surface area contributed by atoms with E-state index >= 15 is 0 Å². The fourth-order valence-corrected chi connectivity index (χ4v) is 5.74. The van der Waals surface area contributed by atoms with Crippen molar-refractivity contribution in [3.05, 3.63) is 64.2 Å². The first kappa shape index (κ1) is 20.8. The lowest BCUT2D eigenvalue weighted by molar-refractivity contribution is -0.187. The molecule has 2 aromatic carbocycles. The largest absolute Gasteiger partial charge is 0.487 e. The number of aromatic carboxylic acids is 1. The van der Waals surface area contributed by atoms with Gasteiger partial charge in [-0.1, -0.05) is 23.7 Å². The number of hydrogen-bond donors (Lipinski definition) is 1. The van der Waals surface area contributed by atoms with Gasteiger partial charge >= 0.3 is 5.97 Å². The molecule has 164 valence electrons. The monoisotopic (exact) mass is 441 g/mol. The van der Waals surface area contributed by atoms with Gasteiger partial charge in [-0.15, -0.1) is 0 Å². The smallest absolute Gasteiger partial charge is 0.335 e. The van der Waals surface area contributed by atoms with E-state index in [4.69, 9.17) is 21.1 Å². The van der Waals surface area contributed by atoms with Crippen LogP contribution in [-0.4, -0.2) is 40.8 Å². The summed E-state index contributed by atoms with van der Waals surface area (Å²) in [5, 5.41) is 9.98. The van der Waals surface area contributed by atoms with Gasteiger partial charge in [-0.05, 0) is 68.5 Å². The lowest BCUT2D eigenvalue weighted by Gasteiger charge is -2.53. The number of ether oxygens (including phenoxy) is 2. The van der Waals surface area contributed by atoms with E-state index in [1.807, 2.05) is 30.3 Å². The first-order valence-electron chi connectivity index (χ1n) is 11.0. The van der Waals surface area contributed by atoms with Gasteiger partial charge in [0.1, 0.15) is 11.4 Å². The van der Waals surface area contributed by atoms with E-state index in [1.165, 1.54) is 0 Å². The summed E-state index contributed by atoms with van der Waals surface area (Å²) in [7, 11) is 0. The Labute approximate surface area is 187 Å². The molecule has 3 aliphatic heterocycles. The summed E-state index contributed by atoms with van der Waals surface area (Å²) < 4.78 is 13.1. The number of carbonyl (C=O) groups is 1. The van der Waals surface area contributed by atoms with Crippen LogP contribution >= 0.6 is 11.6 Å². The Hall–Kier alpha value is -2.08. The zero-order valence-corrected chi connectivity index (χ0v) is 18.6. The average molecular weight is 442 g/mol. The van der Waals surface area contributed by atoms with Gasteiger partial charge in [0.2, 0.25) is 0 Å². The maximum Gasteiger partial charge on any atom is 0.335 e. The standard InChI is InChI=1S/C25H28ClNO4/c1-25(2)20-11-17-14-27(13-15-4-3-5-16(10-15)24(28)29)9-8-21(17)30-23(20)19-12-18(26)6-7-22(19)31-25/h3-7,10,12,17,20-21,23H,8-9,11,13-14H2,1-2H3,(H,28,29)/t17-,20-,21-,23+/m1/s1. The van der Waals surface area contributed by atoms with Gasteiger partial charge in [0.25, 0.3) is 0 Å². The molecular weight excluding hydrogens is 414 g/mol. The molecule has 1 N–H and O–H groups in total. The molecule has 6 heteroatoms. The Morgan fingerprint density at radius 3 is 2.90 bits per heavy atom. The van der Waals surface area contributed by atoms with Crippen LogP contribution in [0.4, 0.5) is 0 Å². The third-order valence-corrected chi connectivity index (χ3v) is 7.35. The van der Waals surface area contributed by atoms with E-state index in [1.54, 1.807) is 12.1 Å². The van der Waals surface area contributed by atoms with Gasteiger partial charge in [-0.3, -0.25) is 4.90 Å². The second-order valence-corrected chi connectivity index (χ2v) is 10.1. The predicted octanol–water partition coefficient (Wildman–Crippen LogP) is 5.18. The number of nitrogens with zero attached hydrogens (tertiary/aromatic N) is 1. The number of likely N-dealkylation sites (tertiary alicyclic amines) is 1. The molecule has 2 fully saturated rings. The fourth-order valence-electron chi connectivity index (χ4n) is 5.56. The van der Waals surface area contributed by atoms with Gasteiger partial charge in [0.15, 0.2) is 0 Å². The Morgan fingerprint density at radius 1 is 1.26 bits per heavy atom. The molecule has 4 atom stereocenters. The van der Waals surface area contributed by atoms with Crippen molar-refractivity contribution in [1.29, 1.82) is 0 Å². The number of piperidine rings is 1. The van der Waals surface area contributed by atoms with Gasteiger partial charge in [0.05, 0.1) is 17.8 Å². The number of rotatable bonds is 3. The van der Waals surface area contributed by atoms with Crippen molar-refractivity contribution in [1.82, 2.24) is 4.90 Å². The van der Waals surface area contributed by atoms with Crippen molar-refractivity contribution in [3.63, 3.8) is 0 Å². The predicted molar refractivity (Wildman–Crippen MR) is 119 cm³/mol. The van der Waals surface area contributed by atoms with Crippen molar-refractivity contribution >= 4 is 17.6 Å². The molecule has 0 unspecified atom stereocenters. The maximum atomic E-state index is 11.3. The third kappa shape index (κ3) is 3.95. The number of hydrogen-bond acceptors (Lipinski definition) is 4. The van der Waals surface area contributed by atoms with E-state index in [9.17, 15) is 9.90 Å². The minimum atomic E-state index is -0.882. The molecule has 31 heavy (non-hydrogen) atoms. The van der Waals surface area contributed by atoms with Crippen molar-refractivity contribution in [2.45, 2.75) is 51.0 Å². The first-order valence-corrected chi connectivity index (χ1v) is 11.4. The van der Waals surface area contributed by atoms with Crippen LogP contribution < -0.4 is 4.74 Å². The molecule has 0 saturated carbocycles. The molecule has 0 radical (unpaired) electrons. The molecule has 5 nitrogen and oxygen atoms in total. The first-order chi connectivity index (χ1) is 14.8. The van der Waals surface area contributed by atoms with Crippen LogP contribution in [0.1, 0.15) is 54.3 Å². The number of carboxylic acid groups (broad SMARTS) is 1. The van der Waals surface area contributed by atoms with Crippen LogP contribution in [0.5, 0.6) is 5.75 Å². The van der Waals surface area contributed by atoms with Gasteiger partial charge in [-0.2, -0.15) is 0 Å². The summed E-state index contributed by atoms with van der Waals surface area (Å²) in [4.78, 5) is 13.7. The highest BCUT2D eigenvalue weighted by atomic mass is 35.5. The number of fused-ring (bicyclic) bond motifs is 4. The van der Waals surface area contributed by atoms with Gasteiger partial charge in [0, 0.05) is 36.1 Å². The Morgan fingerprint density at radius 2 is 2.10 bits per heavy atom. The van der Waals surface area contributed by atoms with E-state index < -0.39 is 5.97 Å². The van der Waals surface area contributed by atoms with Crippen LogP contribution in [0.25, 0.3) is 0 Å². The number of benzene rings is 2. The summed E-state index contributed by atoms with van der Waals surface area (Å²) in [5.74, 6) is 0.688. The summed E-state index contributed by atoms with van der Waals surface area (Å²) >= 11 is 6.29. The van der Waals surface area contributed by atoms with Crippen molar-refractivity contribution in [2.75, 3.05) is 13.1 Å². The van der Waals surface area contributed by atoms with Gasteiger partial charge < -0.3 is 14.6 Å². The van der Waals surface area contributed by atoms with Crippen LogP contribution in [0, 0.1) is 11.8 Å². The third-order valence-electron chi connectivity index (χ3n) is 7.12. The summed E-state index contributed by atoms with van der Waals surface area (Å²) in [5.41, 5.74) is 2.14. The Balaban J connectivity index is 1.33. The number of halogens is 1. The summed E-state index contributed by atoms with van der Waals surface area (Å²) in [6.45, 7) is 6.96. The van der Waals surface area contributed by atoms with E-state index in [0.717, 1.165) is 49.4 Å². The van der Waals surface area contributed by atoms with E-state index in [2.05, 4.69) is 18.7 Å². The second-order valence-electron chi connectivity index (χ2n) is 9.61. The van der Waals surface area contributed by atoms with Crippen LogP contribution in [-0.2, 0) is 11.3 Å². The van der Waals surface area contributed by atoms with Crippen LogP contribution in [0.15, 0.2) is 42.5 Å². The molecule has 0 aromatic heterocycles. The highest BCUT2D eigenvalue weighted by molar-refractivity contribution is 6.30. The minimum Gasteiger partial charge on any atom is -0.487 e. The SMILES string of the molecule is CC1(C)Oc2ccc(Cl)cc2[C@@H]2O[C@@H]3CCN(Cc4cccc(C(=O)O)c4)C[C@H]3C[C@H]21.